The second-order valence-corrected chi connectivity index (χ2v) is 9.68. The van der Waals surface area contributed by atoms with Crippen molar-refractivity contribution < 1.29 is 27.4 Å². The Kier molecular flexibility index (Phi) is 6.95. The smallest absolute Gasteiger partial charge is 0.410 e. The Hall–Kier alpha value is -3.73. The largest absolute Gasteiger partial charge is 0.493 e. The van der Waals surface area contributed by atoms with Crippen LogP contribution in [0.3, 0.4) is 0 Å². The number of halogens is 3. The number of nitrogens with one attached hydrogen (secondary N) is 2. The lowest BCUT2D eigenvalue weighted by atomic mass is 9.96. The van der Waals surface area contributed by atoms with Crippen LogP contribution in [0.4, 0.5) is 19.0 Å². The summed E-state index contributed by atoms with van der Waals surface area (Å²) < 4.78 is 54.0. The summed E-state index contributed by atoms with van der Waals surface area (Å²) in [6.07, 6.45) is -4.72. The van der Waals surface area contributed by atoms with E-state index >= 15 is 0 Å². The molecule has 2 unspecified atom stereocenters. The number of likely N-dealkylation sites (tertiary alicyclic amines) is 1. The molecule has 2 atom stereocenters. The van der Waals surface area contributed by atoms with Gasteiger partial charge in [0.1, 0.15) is 5.82 Å². The third-order valence-corrected chi connectivity index (χ3v) is 7.16. The Morgan fingerprint density at radius 1 is 1.08 bits per heavy atom. The van der Waals surface area contributed by atoms with Crippen LogP contribution in [0.25, 0.3) is 11.3 Å². The van der Waals surface area contributed by atoms with Crippen LogP contribution in [0.1, 0.15) is 34.4 Å². The van der Waals surface area contributed by atoms with Crippen molar-refractivity contribution in [3.63, 3.8) is 0 Å². The molecule has 5 rings (SSSR count). The molecule has 1 fully saturated rings. The molecule has 0 saturated carbocycles. The van der Waals surface area contributed by atoms with Gasteiger partial charge < -0.3 is 25.0 Å². The number of alkyl halides is 3. The number of hydrogen-bond acceptors (Lipinski definition) is 6. The topological polar surface area (TPSA) is 80.7 Å². The number of methoxy groups -OCH3 is 2. The first kappa shape index (κ1) is 25.9. The molecule has 2 aliphatic rings. The maximum atomic E-state index is 14.1. The van der Waals surface area contributed by atoms with Crippen LogP contribution in [-0.4, -0.2) is 67.7 Å². The fourth-order valence-electron chi connectivity index (χ4n) is 5.12. The number of amides is 1. The Morgan fingerprint density at radius 3 is 2.42 bits per heavy atom. The minimum absolute atomic E-state index is 0.0513. The molecule has 1 aromatic heterocycles. The Labute approximate surface area is 218 Å². The van der Waals surface area contributed by atoms with Crippen molar-refractivity contribution in [2.75, 3.05) is 46.2 Å². The number of aromatic nitrogens is 2. The van der Waals surface area contributed by atoms with E-state index in [9.17, 15) is 18.0 Å². The van der Waals surface area contributed by atoms with Crippen molar-refractivity contribution in [3.8, 4) is 22.8 Å². The van der Waals surface area contributed by atoms with Gasteiger partial charge in [-0.15, -0.1) is 0 Å². The van der Waals surface area contributed by atoms with Crippen molar-refractivity contribution in [3.05, 3.63) is 59.7 Å². The number of hydrogen-bond donors (Lipinski definition) is 2. The maximum Gasteiger partial charge on any atom is 0.410 e. The van der Waals surface area contributed by atoms with E-state index in [0.29, 0.717) is 52.9 Å². The van der Waals surface area contributed by atoms with E-state index in [-0.39, 0.29) is 18.1 Å². The van der Waals surface area contributed by atoms with Crippen LogP contribution in [0.2, 0.25) is 0 Å². The first-order valence-electron chi connectivity index (χ1n) is 12.4. The molecule has 0 spiro atoms. The molecule has 0 aliphatic carbocycles. The summed E-state index contributed by atoms with van der Waals surface area (Å²) >= 11 is 0. The molecule has 1 saturated heterocycles. The number of anilines is 1. The molecule has 0 radical (unpaired) electrons. The van der Waals surface area contributed by atoms with E-state index in [1.807, 2.05) is 7.05 Å². The van der Waals surface area contributed by atoms with Gasteiger partial charge in [-0.25, -0.2) is 4.68 Å². The van der Waals surface area contributed by atoms with Gasteiger partial charge in [0.05, 0.1) is 26.0 Å². The Morgan fingerprint density at radius 2 is 1.79 bits per heavy atom. The first-order valence-corrected chi connectivity index (χ1v) is 12.4. The van der Waals surface area contributed by atoms with Gasteiger partial charge in [-0.3, -0.25) is 4.79 Å². The second kappa shape index (κ2) is 10.2. The summed E-state index contributed by atoms with van der Waals surface area (Å²) in [6, 6.07) is 11.1. The fraction of sp³-hybridized carbons (Fsp3) is 0.407. The molecular weight excluding hydrogens is 499 g/mol. The van der Waals surface area contributed by atoms with Crippen LogP contribution in [-0.2, 0) is 0 Å². The van der Waals surface area contributed by atoms with Gasteiger partial charge in [0.25, 0.3) is 5.91 Å². The summed E-state index contributed by atoms with van der Waals surface area (Å²) in [5.41, 5.74) is 2.22. The Balaban J connectivity index is 1.38. The van der Waals surface area contributed by atoms with Gasteiger partial charge >= 0.3 is 6.18 Å². The van der Waals surface area contributed by atoms with E-state index in [4.69, 9.17) is 9.47 Å². The Bertz CT molecular complexity index is 1300. The average Bonchev–Trinajstić information content (AvgIpc) is 3.32. The third-order valence-electron chi connectivity index (χ3n) is 7.16. The molecule has 8 nitrogen and oxygen atoms in total. The van der Waals surface area contributed by atoms with E-state index < -0.39 is 18.3 Å². The lowest BCUT2D eigenvalue weighted by molar-refractivity contribution is -0.173. The van der Waals surface area contributed by atoms with Crippen molar-refractivity contribution in [2.45, 2.75) is 24.7 Å². The van der Waals surface area contributed by atoms with Crippen molar-refractivity contribution in [1.29, 1.82) is 0 Å². The first-order chi connectivity index (χ1) is 18.2. The number of fused-ring (bicyclic) bond motifs is 1. The number of nitrogens with zero attached hydrogens (tertiary/aromatic N) is 3. The third kappa shape index (κ3) is 4.90. The predicted molar refractivity (Wildman–Crippen MR) is 137 cm³/mol. The molecule has 0 bridgehead atoms. The van der Waals surface area contributed by atoms with Gasteiger partial charge in [0.15, 0.2) is 17.5 Å². The molecule has 3 heterocycles. The molecular formula is C27H30F3N5O3. The summed E-state index contributed by atoms with van der Waals surface area (Å²) in [6.45, 7) is 2.29. The molecule has 11 heteroatoms. The quantitative estimate of drug-likeness (QED) is 0.469. The van der Waals surface area contributed by atoms with Crippen molar-refractivity contribution >= 4 is 11.7 Å². The lowest BCUT2D eigenvalue weighted by Crippen LogP contribution is -2.52. The average molecular weight is 530 g/mol. The summed E-state index contributed by atoms with van der Waals surface area (Å²) in [5, 5.41) is 10.6. The van der Waals surface area contributed by atoms with Crippen LogP contribution in [0.5, 0.6) is 11.5 Å². The minimum Gasteiger partial charge on any atom is -0.493 e. The summed E-state index contributed by atoms with van der Waals surface area (Å²) in [5.74, 6) is 1.62. The van der Waals surface area contributed by atoms with Gasteiger partial charge in [-0.2, -0.15) is 18.3 Å². The molecule has 3 aromatic rings. The zero-order valence-electron chi connectivity index (χ0n) is 21.4. The van der Waals surface area contributed by atoms with Gasteiger partial charge in [0, 0.05) is 49.2 Å². The number of rotatable bonds is 7. The van der Waals surface area contributed by atoms with Gasteiger partial charge in [0.2, 0.25) is 0 Å². The summed E-state index contributed by atoms with van der Waals surface area (Å²) in [4.78, 5) is 14.5. The normalized spacial score (nSPS) is 19.4. The standard InChI is InChI=1S/C27H30F3N5O3/c1-31-13-16-14-34(15-16)26(36)18-6-4-17(5-7-18)21-12-25-32-20(11-24(27(28,29)30)35(25)33-21)19-8-9-22(37-2)23(10-19)38-3/h4-10,12,16,20,24,31-32H,11,13-15H2,1-3H3. The van der Waals surface area contributed by atoms with E-state index in [2.05, 4.69) is 15.7 Å². The highest BCUT2D eigenvalue weighted by molar-refractivity contribution is 5.95. The maximum absolute atomic E-state index is 14.1. The van der Waals surface area contributed by atoms with Crippen LogP contribution >= 0.6 is 0 Å². The highest BCUT2D eigenvalue weighted by Crippen LogP contribution is 2.45. The monoisotopic (exact) mass is 529 g/mol. The predicted octanol–water partition coefficient (Wildman–Crippen LogP) is 4.52. The SMILES string of the molecule is CNCC1CN(C(=O)c2ccc(-c3cc4n(n3)C(C(F)(F)F)CC(c3ccc(OC)c(OC)c3)N4)cc2)C1. The molecule has 202 valence electrons. The zero-order valence-corrected chi connectivity index (χ0v) is 21.4. The molecule has 2 aromatic carbocycles. The van der Waals surface area contributed by atoms with Gasteiger partial charge in [-0.1, -0.05) is 18.2 Å². The highest BCUT2D eigenvalue weighted by atomic mass is 19.4. The number of carbonyl (C=O) groups excluding carboxylic acids is 1. The minimum atomic E-state index is -4.49. The number of benzene rings is 2. The molecule has 2 aliphatic heterocycles. The second-order valence-electron chi connectivity index (χ2n) is 9.68. The number of ether oxygens (including phenoxy) is 2. The van der Waals surface area contributed by atoms with E-state index in [1.54, 1.807) is 53.4 Å². The molecule has 2 N–H and O–H groups in total. The lowest BCUT2D eigenvalue weighted by Gasteiger charge is -2.39. The van der Waals surface area contributed by atoms with E-state index in [1.165, 1.54) is 14.2 Å². The van der Waals surface area contributed by atoms with Crippen molar-refractivity contribution in [2.24, 2.45) is 5.92 Å². The summed E-state index contributed by atoms with van der Waals surface area (Å²) in [7, 11) is 4.88. The van der Waals surface area contributed by atoms with E-state index in [0.717, 1.165) is 11.2 Å². The van der Waals surface area contributed by atoms with Gasteiger partial charge in [-0.05, 0) is 36.9 Å². The molecule has 1 amide bonds. The fourth-order valence-corrected chi connectivity index (χ4v) is 5.12. The molecule has 38 heavy (non-hydrogen) atoms. The van der Waals surface area contributed by atoms with Crippen molar-refractivity contribution in [1.82, 2.24) is 20.0 Å². The highest BCUT2D eigenvalue weighted by Gasteiger charge is 2.46. The zero-order chi connectivity index (χ0) is 27.0. The number of carbonyl (C=O) groups is 1. The van der Waals surface area contributed by atoms with Crippen LogP contribution in [0.15, 0.2) is 48.5 Å². The van der Waals surface area contributed by atoms with Crippen LogP contribution in [0, 0.1) is 5.92 Å². The van der Waals surface area contributed by atoms with Crippen LogP contribution < -0.4 is 20.1 Å².